The van der Waals surface area contributed by atoms with Gasteiger partial charge in [-0.1, -0.05) is 6.92 Å². The van der Waals surface area contributed by atoms with E-state index in [1.54, 1.807) is 4.88 Å². The summed E-state index contributed by atoms with van der Waals surface area (Å²) in [6, 6.07) is 2.19. The van der Waals surface area contributed by atoms with Gasteiger partial charge in [0.05, 0.1) is 5.69 Å². The molecule has 2 unspecified atom stereocenters. The molecule has 21 heavy (non-hydrogen) atoms. The van der Waals surface area contributed by atoms with Crippen molar-refractivity contribution in [3.8, 4) is 0 Å². The molecule has 1 aromatic heterocycles. The molecule has 0 amide bonds. The summed E-state index contributed by atoms with van der Waals surface area (Å²) in [6.07, 6.45) is 12.0. The number of piperidine rings is 2. The van der Waals surface area contributed by atoms with Crippen molar-refractivity contribution in [2.75, 3.05) is 11.4 Å². The number of thiazole rings is 1. The number of aromatic nitrogens is 1. The predicted molar refractivity (Wildman–Crippen MR) is 89.4 cm³/mol. The standard InChI is InChI=1S/C17H27N3S/c1-2-18-12-10-13-6-5-7-14(11-12)20(13)17-19-15-8-3-4-9-16(15)21-17/h12-14,18H,2-11H2,1H3. The molecule has 0 radical (unpaired) electrons. The monoisotopic (exact) mass is 305 g/mol. The maximum absolute atomic E-state index is 5.05. The van der Waals surface area contributed by atoms with E-state index in [0.717, 1.165) is 24.7 Å². The van der Waals surface area contributed by atoms with Gasteiger partial charge in [0.1, 0.15) is 0 Å². The number of hydrogen-bond acceptors (Lipinski definition) is 4. The van der Waals surface area contributed by atoms with E-state index in [1.165, 1.54) is 68.6 Å². The van der Waals surface area contributed by atoms with E-state index in [2.05, 4.69) is 17.1 Å². The van der Waals surface area contributed by atoms with Gasteiger partial charge >= 0.3 is 0 Å². The van der Waals surface area contributed by atoms with E-state index in [4.69, 9.17) is 4.98 Å². The van der Waals surface area contributed by atoms with E-state index >= 15 is 0 Å². The molecule has 0 spiro atoms. The predicted octanol–water partition coefficient (Wildman–Crippen LogP) is 3.52. The molecule has 1 N–H and O–H groups in total. The number of anilines is 1. The average molecular weight is 305 g/mol. The molecule has 3 aliphatic rings. The number of fused-ring (bicyclic) bond motifs is 3. The zero-order valence-corrected chi connectivity index (χ0v) is 13.9. The number of nitrogens with zero attached hydrogens (tertiary/aromatic N) is 2. The van der Waals surface area contributed by atoms with Crippen molar-refractivity contribution in [1.29, 1.82) is 0 Å². The van der Waals surface area contributed by atoms with Crippen LogP contribution in [0.2, 0.25) is 0 Å². The van der Waals surface area contributed by atoms with Crippen LogP contribution in [0.1, 0.15) is 62.4 Å². The second kappa shape index (κ2) is 5.88. The fourth-order valence-electron chi connectivity index (χ4n) is 4.60. The lowest BCUT2D eigenvalue weighted by Crippen LogP contribution is -2.56. The molecular weight excluding hydrogens is 278 g/mol. The van der Waals surface area contributed by atoms with E-state index in [1.807, 2.05) is 11.3 Å². The van der Waals surface area contributed by atoms with Crippen LogP contribution in [0.4, 0.5) is 5.13 Å². The lowest BCUT2D eigenvalue weighted by molar-refractivity contribution is 0.247. The molecule has 4 heteroatoms. The van der Waals surface area contributed by atoms with Gasteiger partial charge in [-0.3, -0.25) is 0 Å². The summed E-state index contributed by atoms with van der Waals surface area (Å²) in [5, 5.41) is 5.04. The smallest absolute Gasteiger partial charge is 0.186 e. The molecule has 3 heterocycles. The highest BCUT2D eigenvalue weighted by Crippen LogP contribution is 2.41. The van der Waals surface area contributed by atoms with Gasteiger partial charge in [0.2, 0.25) is 0 Å². The maximum Gasteiger partial charge on any atom is 0.186 e. The van der Waals surface area contributed by atoms with Crippen LogP contribution in [0, 0.1) is 0 Å². The fraction of sp³-hybridized carbons (Fsp3) is 0.824. The Hall–Kier alpha value is -0.610. The Kier molecular flexibility index (Phi) is 3.92. The summed E-state index contributed by atoms with van der Waals surface area (Å²) >= 11 is 2.01. The first-order chi connectivity index (χ1) is 10.3. The van der Waals surface area contributed by atoms with Gasteiger partial charge in [-0.25, -0.2) is 4.98 Å². The quantitative estimate of drug-likeness (QED) is 0.926. The number of rotatable bonds is 3. The topological polar surface area (TPSA) is 28.2 Å². The molecule has 4 rings (SSSR count). The minimum atomic E-state index is 0.731. The van der Waals surface area contributed by atoms with Gasteiger partial charge in [-0.2, -0.15) is 0 Å². The summed E-state index contributed by atoms with van der Waals surface area (Å²) in [4.78, 5) is 9.36. The highest BCUT2D eigenvalue weighted by Gasteiger charge is 2.39. The van der Waals surface area contributed by atoms with Crippen molar-refractivity contribution in [1.82, 2.24) is 10.3 Å². The number of hydrogen-bond donors (Lipinski definition) is 1. The fourth-order valence-corrected chi connectivity index (χ4v) is 5.89. The summed E-state index contributed by atoms with van der Waals surface area (Å²) in [7, 11) is 0. The summed E-state index contributed by atoms with van der Waals surface area (Å²) in [5.41, 5.74) is 1.42. The normalized spacial score (nSPS) is 32.0. The molecule has 0 aromatic carbocycles. The zero-order valence-electron chi connectivity index (χ0n) is 13.1. The molecule has 116 valence electrons. The first-order valence-electron chi connectivity index (χ1n) is 8.85. The number of nitrogens with one attached hydrogen (secondary N) is 1. The first kappa shape index (κ1) is 14.0. The minimum Gasteiger partial charge on any atom is -0.342 e. The molecular formula is C17H27N3S. The second-order valence-electron chi connectivity index (χ2n) is 6.95. The van der Waals surface area contributed by atoms with E-state index in [0.29, 0.717) is 0 Å². The molecule has 1 aliphatic carbocycles. The van der Waals surface area contributed by atoms with Crippen molar-refractivity contribution < 1.29 is 0 Å². The Balaban J connectivity index is 1.58. The Morgan fingerprint density at radius 1 is 1.14 bits per heavy atom. The van der Waals surface area contributed by atoms with Gasteiger partial charge in [-0.05, 0) is 64.3 Å². The molecule has 2 bridgehead atoms. The third-order valence-corrected chi connectivity index (χ3v) is 6.69. The third-order valence-electron chi connectivity index (χ3n) is 5.52. The van der Waals surface area contributed by atoms with E-state index in [9.17, 15) is 0 Å². The zero-order chi connectivity index (χ0) is 14.2. The maximum atomic E-state index is 5.05. The van der Waals surface area contributed by atoms with Crippen LogP contribution in [0.5, 0.6) is 0 Å². The lowest BCUT2D eigenvalue weighted by atomic mass is 9.82. The van der Waals surface area contributed by atoms with Crippen LogP contribution >= 0.6 is 11.3 Å². The third kappa shape index (κ3) is 2.61. The molecule has 0 saturated carbocycles. The van der Waals surface area contributed by atoms with E-state index in [-0.39, 0.29) is 0 Å². The number of aryl methyl sites for hydroxylation is 2. The second-order valence-corrected chi connectivity index (χ2v) is 8.01. The van der Waals surface area contributed by atoms with Crippen LogP contribution < -0.4 is 10.2 Å². The molecule has 2 fully saturated rings. The minimum absolute atomic E-state index is 0.731. The SMILES string of the molecule is CCNC1CC2CCCC(C1)N2c1nc2c(s1)CCCC2. The van der Waals surface area contributed by atoms with Crippen molar-refractivity contribution in [3.63, 3.8) is 0 Å². The van der Waals surface area contributed by atoms with Crippen LogP contribution in [-0.4, -0.2) is 29.7 Å². The Morgan fingerprint density at radius 2 is 1.90 bits per heavy atom. The van der Waals surface area contributed by atoms with Gasteiger partial charge in [0.15, 0.2) is 5.13 Å². The van der Waals surface area contributed by atoms with Gasteiger partial charge < -0.3 is 10.2 Å². The molecule has 1 aromatic rings. The highest BCUT2D eigenvalue weighted by molar-refractivity contribution is 7.15. The molecule has 3 nitrogen and oxygen atoms in total. The van der Waals surface area contributed by atoms with Crippen LogP contribution in [0.25, 0.3) is 0 Å². The Labute approximate surface area is 132 Å². The Bertz CT molecular complexity index is 461. The lowest BCUT2D eigenvalue weighted by Gasteiger charge is -2.49. The Morgan fingerprint density at radius 3 is 2.62 bits per heavy atom. The van der Waals surface area contributed by atoms with Gasteiger partial charge in [0.25, 0.3) is 0 Å². The first-order valence-corrected chi connectivity index (χ1v) is 9.67. The largest absolute Gasteiger partial charge is 0.342 e. The highest BCUT2D eigenvalue weighted by atomic mass is 32.1. The summed E-state index contributed by atoms with van der Waals surface area (Å²) < 4.78 is 0. The molecule has 2 aliphatic heterocycles. The van der Waals surface area contributed by atoms with Crippen LogP contribution in [-0.2, 0) is 12.8 Å². The average Bonchev–Trinajstić information content (AvgIpc) is 2.90. The van der Waals surface area contributed by atoms with Crippen molar-refractivity contribution in [2.24, 2.45) is 0 Å². The van der Waals surface area contributed by atoms with E-state index < -0.39 is 0 Å². The molecule has 2 atom stereocenters. The van der Waals surface area contributed by atoms with Gasteiger partial charge in [0, 0.05) is 23.0 Å². The van der Waals surface area contributed by atoms with Crippen LogP contribution in [0.3, 0.4) is 0 Å². The summed E-state index contributed by atoms with van der Waals surface area (Å²) in [5.74, 6) is 0. The van der Waals surface area contributed by atoms with Crippen molar-refractivity contribution >= 4 is 16.5 Å². The van der Waals surface area contributed by atoms with Crippen molar-refractivity contribution in [2.45, 2.75) is 82.8 Å². The molecule has 2 saturated heterocycles. The van der Waals surface area contributed by atoms with Crippen LogP contribution in [0.15, 0.2) is 0 Å². The van der Waals surface area contributed by atoms with Crippen molar-refractivity contribution in [3.05, 3.63) is 10.6 Å². The van der Waals surface area contributed by atoms with Gasteiger partial charge in [-0.15, -0.1) is 11.3 Å². The summed E-state index contributed by atoms with van der Waals surface area (Å²) in [6.45, 7) is 3.34.